The van der Waals surface area contributed by atoms with E-state index in [1.54, 1.807) is 30.3 Å². The van der Waals surface area contributed by atoms with Crippen LogP contribution >= 0.6 is 0 Å². The molecular formula is C27H18O3. The van der Waals surface area contributed by atoms with Crippen LogP contribution in [0.2, 0.25) is 0 Å². The smallest absolute Gasteiger partial charge is 0.197 e. The van der Waals surface area contributed by atoms with Gasteiger partial charge in [-0.2, -0.15) is 0 Å². The van der Waals surface area contributed by atoms with Crippen LogP contribution in [0.1, 0.15) is 31.8 Å². The molecule has 0 N–H and O–H groups in total. The van der Waals surface area contributed by atoms with Crippen LogP contribution in [0.25, 0.3) is 16.8 Å². The molecule has 3 nitrogen and oxygen atoms in total. The van der Waals surface area contributed by atoms with Gasteiger partial charge >= 0.3 is 0 Å². The summed E-state index contributed by atoms with van der Waals surface area (Å²) in [6.45, 7) is 0.435. The van der Waals surface area contributed by atoms with Crippen LogP contribution in [0.5, 0.6) is 5.75 Å². The number of ether oxygens (including phenoxy) is 1. The summed E-state index contributed by atoms with van der Waals surface area (Å²) in [4.78, 5) is 25.2. The first-order chi connectivity index (χ1) is 14.7. The fourth-order valence-corrected chi connectivity index (χ4v) is 3.84. The van der Waals surface area contributed by atoms with Crippen molar-refractivity contribution < 1.29 is 14.3 Å². The van der Waals surface area contributed by atoms with Crippen molar-refractivity contribution in [2.24, 2.45) is 0 Å². The normalized spacial score (nSPS) is 12.9. The van der Waals surface area contributed by atoms with Crippen LogP contribution in [-0.2, 0) is 6.61 Å². The number of carbonyl (C=O) groups is 2. The minimum atomic E-state index is -0.224. The fourth-order valence-electron chi connectivity index (χ4n) is 3.84. The zero-order valence-corrected chi connectivity index (χ0v) is 16.2. The molecule has 1 aliphatic rings. The van der Waals surface area contributed by atoms with Gasteiger partial charge in [-0.05, 0) is 40.1 Å². The van der Waals surface area contributed by atoms with Gasteiger partial charge in [0.05, 0.1) is 5.57 Å². The maximum Gasteiger partial charge on any atom is 0.197 e. The third-order valence-corrected chi connectivity index (χ3v) is 5.35. The van der Waals surface area contributed by atoms with Crippen LogP contribution in [0.4, 0.5) is 0 Å². The minimum absolute atomic E-state index is 0.197. The Morgan fingerprint density at radius 1 is 0.700 bits per heavy atom. The molecule has 3 heteroatoms. The molecule has 0 heterocycles. The van der Waals surface area contributed by atoms with Crippen molar-refractivity contribution in [2.75, 3.05) is 0 Å². The molecule has 5 rings (SSSR count). The molecule has 0 atom stereocenters. The second-order valence-corrected chi connectivity index (χ2v) is 7.26. The minimum Gasteiger partial charge on any atom is -0.489 e. The number of hydrogen-bond acceptors (Lipinski definition) is 3. The summed E-state index contributed by atoms with van der Waals surface area (Å²) in [5, 5.41) is 2.34. The quantitative estimate of drug-likeness (QED) is 0.323. The van der Waals surface area contributed by atoms with Gasteiger partial charge in [0.2, 0.25) is 0 Å². The number of ketones is 2. The monoisotopic (exact) mass is 390 g/mol. The van der Waals surface area contributed by atoms with Crippen LogP contribution in [0.15, 0.2) is 96.6 Å². The van der Waals surface area contributed by atoms with E-state index < -0.39 is 0 Å². The molecule has 0 spiro atoms. The van der Waals surface area contributed by atoms with E-state index in [-0.39, 0.29) is 17.1 Å². The Balaban J connectivity index is 1.39. The molecule has 0 saturated heterocycles. The van der Waals surface area contributed by atoms with Crippen molar-refractivity contribution >= 4 is 28.4 Å². The van der Waals surface area contributed by atoms with E-state index >= 15 is 0 Å². The first-order valence-corrected chi connectivity index (χ1v) is 9.80. The van der Waals surface area contributed by atoms with Crippen molar-refractivity contribution in [2.45, 2.75) is 6.61 Å². The summed E-state index contributed by atoms with van der Waals surface area (Å²) >= 11 is 0. The molecule has 0 saturated carbocycles. The maximum absolute atomic E-state index is 12.6. The van der Waals surface area contributed by atoms with E-state index in [1.165, 1.54) is 5.39 Å². The molecule has 0 aliphatic heterocycles. The standard InChI is InChI=1S/C27H18O3/c28-26-23-13-3-4-14-24(23)27(29)25(26)16-18-7-5-11-21(15-18)30-17-20-10-6-9-19-8-1-2-12-22(19)20/h1-16H,17H2. The van der Waals surface area contributed by atoms with Crippen molar-refractivity contribution in [3.8, 4) is 5.75 Å². The van der Waals surface area contributed by atoms with E-state index in [2.05, 4.69) is 24.3 Å². The second-order valence-electron chi connectivity index (χ2n) is 7.26. The van der Waals surface area contributed by atoms with Crippen molar-refractivity contribution in [1.82, 2.24) is 0 Å². The van der Waals surface area contributed by atoms with Gasteiger partial charge < -0.3 is 4.74 Å². The number of hydrogen-bond donors (Lipinski definition) is 0. The van der Waals surface area contributed by atoms with E-state index in [9.17, 15) is 9.59 Å². The number of allylic oxidation sites excluding steroid dienone is 1. The lowest BCUT2D eigenvalue weighted by molar-refractivity contribution is 0.0990. The molecule has 4 aromatic carbocycles. The lowest BCUT2D eigenvalue weighted by Gasteiger charge is -2.10. The molecule has 0 radical (unpaired) electrons. The Morgan fingerprint density at radius 3 is 2.17 bits per heavy atom. The molecule has 0 amide bonds. The van der Waals surface area contributed by atoms with E-state index in [0.717, 1.165) is 16.5 Å². The van der Waals surface area contributed by atoms with Crippen molar-refractivity contribution in [3.63, 3.8) is 0 Å². The van der Waals surface area contributed by atoms with Crippen LogP contribution in [0, 0.1) is 0 Å². The molecule has 0 fully saturated rings. The van der Waals surface area contributed by atoms with Gasteiger partial charge in [-0.1, -0.05) is 78.9 Å². The SMILES string of the molecule is O=C1C(=Cc2cccc(OCc3cccc4ccccc34)c2)C(=O)c2ccccc21. The van der Waals surface area contributed by atoms with E-state index in [1.807, 2.05) is 42.5 Å². The predicted molar refractivity (Wildman–Crippen MR) is 118 cm³/mol. The van der Waals surface area contributed by atoms with Crippen molar-refractivity contribution in [3.05, 3.63) is 119 Å². The molecule has 30 heavy (non-hydrogen) atoms. The van der Waals surface area contributed by atoms with Gasteiger partial charge in [0, 0.05) is 11.1 Å². The second kappa shape index (κ2) is 7.45. The van der Waals surface area contributed by atoms with Crippen LogP contribution in [0.3, 0.4) is 0 Å². The Kier molecular flexibility index (Phi) is 4.49. The van der Waals surface area contributed by atoms with Gasteiger partial charge in [-0.15, -0.1) is 0 Å². The van der Waals surface area contributed by atoms with Gasteiger partial charge in [0.25, 0.3) is 0 Å². The number of Topliss-reactive ketones (excluding diaryl/α,β-unsaturated/α-hetero) is 2. The first kappa shape index (κ1) is 18.1. The number of rotatable bonds is 4. The Hall–Kier alpha value is -3.98. The van der Waals surface area contributed by atoms with Gasteiger partial charge in [-0.3, -0.25) is 9.59 Å². The highest BCUT2D eigenvalue weighted by molar-refractivity contribution is 6.41. The highest BCUT2D eigenvalue weighted by Gasteiger charge is 2.32. The van der Waals surface area contributed by atoms with E-state index in [0.29, 0.717) is 23.5 Å². The molecule has 1 aliphatic carbocycles. The third kappa shape index (κ3) is 3.20. The first-order valence-electron chi connectivity index (χ1n) is 9.80. The Bertz CT molecular complexity index is 1290. The third-order valence-electron chi connectivity index (χ3n) is 5.35. The largest absolute Gasteiger partial charge is 0.489 e. The molecule has 4 aromatic rings. The molecule has 144 valence electrons. The van der Waals surface area contributed by atoms with Crippen LogP contribution in [-0.4, -0.2) is 11.6 Å². The molecule has 0 aromatic heterocycles. The van der Waals surface area contributed by atoms with E-state index in [4.69, 9.17) is 4.74 Å². The van der Waals surface area contributed by atoms with Gasteiger partial charge in [0.1, 0.15) is 12.4 Å². The summed E-state index contributed by atoms with van der Waals surface area (Å²) < 4.78 is 6.02. The Morgan fingerprint density at radius 2 is 1.37 bits per heavy atom. The predicted octanol–water partition coefficient (Wildman–Crippen LogP) is 5.88. The molecule has 0 unspecified atom stereocenters. The number of benzene rings is 4. The lowest BCUT2D eigenvalue weighted by Crippen LogP contribution is -2.00. The summed E-state index contributed by atoms with van der Waals surface area (Å²) in [6.07, 6.45) is 1.65. The number of fused-ring (bicyclic) bond motifs is 2. The Labute approximate surface area is 174 Å². The van der Waals surface area contributed by atoms with Crippen LogP contribution < -0.4 is 4.74 Å². The summed E-state index contributed by atoms with van der Waals surface area (Å²) in [6, 6.07) is 28.8. The highest BCUT2D eigenvalue weighted by Crippen LogP contribution is 2.28. The lowest BCUT2D eigenvalue weighted by atomic mass is 10.1. The number of carbonyl (C=O) groups excluding carboxylic acids is 2. The van der Waals surface area contributed by atoms with Gasteiger partial charge in [0.15, 0.2) is 11.6 Å². The summed E-state index contributed by atoms with van der Waals surface area (Å²) in [5.41, 5.74) is 3.00. The summed E-state index contributed by atoms with van der Waals surface area (Å²) in [7, 11) is 0. The fraction of sp³-hybridized carbons (Fsp3) is 0.0370. The molecule has 0 bridgehead atoms. The van der Waals surface area contributed by atoms with Crippen molar-refractivity contribution in [1.29, 1.82) is 0 Å². The molecular weight excluding hydrogens is 372 g/mol. The topological polar surface area (TPSA) is 43.4 Å². The zero-order chi connectivity index (χ0) is 20.5. The van der Waals surface area contributed by atoms with Gasteiger partial charge in [-0.25, -0.2) is 0 Å². The zero-order valence-electron chi connectivity index (χ0n) is 16.2. The average molecular weight is 390 g/mol. The summed E-state index contributed by atoms with van der Waals surface area (Å²) in [5.74, 6) is 0.239. The highest BCUT2D eigenvalue weighted by atomic mass is 16.5. The maximum atomic E-state index is 12.6. The average Bonchev–Trinajstić information content (AvgIpc) is 3.03.